The van der Waals surface area contributed by atoms with E-state index in [0.717, 1.165) is 54.4 Å². The van der Waals surface area contributed by atoms with Crippen LogP contribution in [0.2, 0.25) is 0 Å². The Kier molecular flexibility index (Phi) is 5.18. The van der Waals surface area contributed by atoms with Gasteiger partial charge < -0.3 is 9.32 Å². The first-order valence-electron chi connectivity index (χ1n) is 10.5. The minimum Gasteiger partial charge on any atom is -0.439 e. The molecule has 0 bridgehead atoms. The third-order valence-electron chi connectivity index (χ3n) is 5.66. The first-order valence-corrected chi connectivity index (χ1v) is 11.6. The van der Waals surface area contributed by atoms with Crippen LogP contribution in [-0.4, -0.2) is 27.8 Å². The van der Waals surface area contributed by atoms with Crippen LogP contribution in [0.4, 0.5) is 5.88 Å². The lowest BCUT2D eigenvalue weighted by atomic mass is 9.99. The van der Waals surface area contributed by atoms with E-state index in [1.54, 1.807) is 0 Å². The van der Waals surface area contributed by atoms with Crippen LogP contribution in [0.15, 0.2) is 25.7 Å². The molecule has 2 aromatic rings. The van der Waals surface area contributed by atoms with Crippen LogP contribution in [-0.2, 0) is 17.4 Å². The van der Waals surface area contributed by atoms with Gasteiger partial charge in [0.25, 0.3) is 0 Å². The molecule has 0 radical (unpaired) electrons. The first kappa shape index (κ1) is 20.3. The van der Waals surface area contributed by atoms with Crippen molar-refractivity contribution in [1.29, 1.82) is 0 Å². The summed E-state index contributed by atoms with van der Waals surface area (Å²) >= 11 is 0. The summed E-state index contributed by atoms with van der Waals surface area (Å²) in [7, 11) is -1.37. The van der Waals surface area contributed by atoms with Crippen LogP contribution in [0.3, 0.4) is 0 Å². The van der Waals surface area contributed by atoms with Gasteiger partial charge in [-0.05, 0) is 83.9 Å². The van der Waals surface area contributed by atoms with E-state index in [-0.39, 0.29) is 5.43 Å². The fraction of sp³-hybridized carbons (Fsp3) is 0.565. The van der Waals surface area contributed by atoms with E-state index in [1.807, 2.05) is 46.8 Å². The molecule has 6 heteroatoms. The van der Waals surface area contributed by atoms with Crippen LogP contribution < -0.4 is 10.3 Å². The molecule has 0 saturated heterocycles. The molecule has 0 unspecified atom stereocenters. The van der Waals surface area contributed by atoms with Gasteiger partial charge in [0, 0.05) is 18.7 Å². The molecule has 2 aliphatic rings. The van der Waals surface area contributed by atoms with E-state index >= 15 is 0 Å². The molecule has 4 rings (SSSR count). The Bertz CT molecular complexity index is 1070. The van der Waals surface area contributed by atoms with Gasteiger partial charge in [0.05, 0.1) is 21.4 Å². The number of benzene rings is 1. The number of nitrogens with zero attached hydrogens (tertiary/aromatic N) is 2. The summed E-state index contributed by atoms with van der Waals surface area (Å²) in [6.07, 6.45) is 4.27. The van der Waals surface area contributed by atoms with Gasteiger partial charge in [0.15, 0.2) is 5.43 Å². The first-order chi connectivity index (χ1) is 13.6. The number of hydrogen-bond acceptors (Lipinski definition) is 4. The zero-order valence-electron chi connectivity index (χ0n) is 18.0. The predicted octanol–water partition coefficient (Wildman–Crippen LogP) is 4.54. The maximum Gasteiger partial charge on any atom is 0.203 e. The summed E-state index contributed by atoms with van der Waals surface area (Å²) in [5, 5.41) is 0.600. The van der Waals surface area contributed by atoms with Gasteiger partial charge in [0.1, 0.15) is 16.6 Å². The van der Waals surface area contributed by atoms with Crippen LogP contribution in [0.5, 0.6) is 0 Å². The molecule has 0 N–H and O–H groups in total. The van der Waals surface area contributed by atoms with Gasteiger partial charge in [-0.25, -0.2) is 4.21 Å². The molecule has 2 heterocycles. The van der Waals surface area contributed by atoms with Crippen molar-refractivity contribution < 1.29 is 8.63 Å². The van der Waals surface area contributed by atoms with E-state index in [0.29, 0.717) is 16.7 Å². The average molecular weight is 415 g/mol. The molecule has 1 aromatic heterocycles. The highest BCUT2D eigenvalue weighted by Gasteiger charge is 2.30. The number of rotatable bonds is 4. The molecule has 0 spiro atoms. The van der Waals surface area contributed by atoms with Crippen molar-refractivity contribution in [3.05, 3.63) is 39.0 Å². The Hall–Kier alpha value is -1.95. The largest absolute Gasteiger partial charge is 0.439 e. The second kappa shape index (κ2) is 7.38. The lowest BCUT2D eigenvalue weighted by molar-refractivity contribution is 0.523. The number of anilines is 1. The van der Waals surface area contributed by atoms with Gasteiger partial charge in [-0.3, -0.25) is 4.79 Å². The highest BCUT2D eigenvalue weighted by atomic mass is 32.2. The fourth-order valence-corrected chi connectivity index (χ4v) is 4.48. The van der Waals surface area contributed by atoms with Crippen molar-refractivity contribution in [2.24, 2.45) is 10.3 Å². The Morgan fingerprint density at radius 2 is 2.03 bits per heavy atom. The zero-order chi connectivity index (χ0) is 20.9. The van der Waals surface area contributed by atoms with E-state index in [4.69, 9.17) is 4.42 Å². The van der Waals surface area contributed by atoms with Crippen LogP contribution in [0.25, 0.3) is 11.0 Å². The lowest BCUT2D eigenvalue weighted by Crippen LogP contribution is -2.34. The number of fused-ring (bicyclic) bond motifs is 2. The van der Waals surface area contributed by atoms with Gasteiger partial charge in [-0.2, -0.15) is 4.40 Å². The third-order valence-corrected chi connectivity index (χ3v) is 7.15. The maximum absolute atomic E-state index is 13.3. The molecule has 1 aliphatic carbocycles. The Labute approximate surface area is 174 Å². The van der Waals surface area contributed by atoms with Crippen molar-refractivity contribution in [3.8, 4) is 0 Å². The average Bonchev–Trinajstić information content (AvgIpc) is 3.46. The number of hydrogen-bond donors (Lipinski definition) is 0. The summed E-state index contributed by atoms with van der Waals surface area (Å²) in [5.41, 5.74) is 3.80. The van der Waals surface area contributed by atoms with Crippen LogP contribution in [0, 0.1) is 12.8 Å². The monoisotopic (exact) mass is 414 g/mol. The minimum absolute atomic E-state index is 0.0661. The van der Waals surface area contributed by atoms with Crippen molar-refractivity contribution in [2.45, 2.75) is 65.0 Å². The standard InChI is InChI=1S/C23H30N2O3S/c1-14-11-18(15(2)24-29(27)23(3,4)5)21-19(12-14)20(26)17-7-6-10-25(22(17)28-21)13-16-8-9-16/h11-12,16H,6-10,13H2,1-5H3/b24-15+/t29-/m1/s1. The molecule has 5 nitrogen and oxygen atoms in total. The summed E-state index contributed by atoms with van der Waals surface area (Å²) in [5.74, 6) is 1.45. The normalized spacial score (nSPS) is 18.8. The van der Waals surface area contributed by atoms with E-state index in [9.17, 15) is 9.00 Å². The second-order valence-corrected chi connectivity index (χ2v) is 11.3. The van der Waals surface area contributed by atoms with Gasteiger partial charge in [0.2, 0.25) is 5.88 Å². The molecule has 1 atom stereocenters. The molecular formula is C23H30N2O3S. The van der Waals surface area contributed by atoms with Crippen LogP contribution >= 0.6 is 0 Å². The zero-order valence-corrected chi connectivity index (χ0v) is 18.8. The Morgan fingerprint density at radius 3 is 2.69 bits per heavy atom. The van der Waals surface area contributed by atoms with Crippen molar-refractivity contribution in [2.75, 3.05) is 18.0 Å². The Morgan fingerprint density at radius 1 is 1.31 bits per heavy atom. The molecule has 0 amide bonds. The minimum atomic E-state index is -1.37. The summed E-state index contributed by atoms with van der Waals surface area (Å²) in [6, 6.07) is 3.88. The number of aryl methyl sites for hydroxylation is 1. The molecule has 29 heavy (non-hydrogen) atoms. The van der Waals surface area contributed by atoms with E-state index < -0.39 is 15.7 Å². The smallest absolute Gasteiger partial charge is 0.203 e. The van der Waals surface area contributed by atoms with Crippen molar-refractivity contribution >= 4 is 33.6 Å². The lowest BCUT2D eigenvalue weighted by Gasteiger charge is -2.29. The highest BCUT2D eigenvalue weighted by molar-refractivity contribution is 7.85. The second-order valence-electron chi connectivity index (χ2n) is 9.44. The SMILES string of the molecule is C/C(=N\[S@](=O)C(C)(C)C)c1cc(C)cc2c(=O)c3c(oc12)N(CC1CC1)CCC3. The van der Waals surface area contributed by atoms with Gasteiger partial charge >= 0.3 is 0 Å². The third kappa shape index (κ3) is 4.04. The summed E-state index contributed by atoms with van der Waals surface area (Å²) in [4.78, 5) is 15.6. The quantitative estimate of drug-likeness (QED) is 0.689. The van der Waals surface area contributed by atoms with E-state index in [2.05, 4.69) is 9.30 Å². The van der Waals surface area contributed by atoms with E-state index in [1.165, 1.54) is 12.8 Å². The van der Waals surface area contributed by atoms with Crippen LogP contribution in [0.1, 0.15) is 63.6 Å². The molecule has 1 aliphatic heterocycles. The van der Waals surface area contributed by atoms with Gasteiger partial charge in [-0.15, -0.1) is 0 Å². The molecule has 1 fully saturated rings. The van der Waals surface area contributed by atoms with Crippen molar-refractivity contribution in [1.82, 2.24) is 0 Å². The molecule has 1 aromatic carbocycles. The topological polar surface area (TPSA) is 62.9 Å². The van der Waals surface area contributed by atoms with Crippen molar-refractivity contribution in [3.63, 3.8) is 0 Å². The molecular weight excluding hydrogens is 384 g/mol. The molecule has 156 valence electrons. The maximum atomic E-state index is 13.3. The van der Waals surface area contributed by atoms with Gasteiger partial charge in [-0.1, -0.05) is 0 Å². The summed E-state index contributed by atoms with van der Waals surface area (Å²) < 4.78 is 23.0. The Balaban J connectivity index is 1.89. The fourth-order valence-electron chi connectivity index (χ4n) is 3.86. The molecule has 1 saturated carbocycles. The summed E-state index contributed by atoms with van der Waals surface area (Å²) in [6.45, 7) is 11.4. The predicted molar refractivity (Wildman–Crippen MR) is 121 cm³/mol. The highest BCUT2D eigenvalue weighted by Crippen LogP contribution is 2.36.